The summed E-state index contributed by atoms with van der Waals surface area (Å²) in [5, 5.41) is 2.83. The zero-order valence-electron chi connectivity index (χ0n) is 12.9. The van der Waals surface area contributed by atoms with Crippen LogP contribution in [-0.4, -0.2) is 38.3 Å². The third-order valence-electron chi connectivity index (χ3n) is 3.77. The molecule has 0 aromatic heterocycles. The number of nitrogens with one attached hydrogen (secondary N) is 1. The molecule has 0 saturated carbocycles. The third kappa shape index (κ3) is 5.83. The van der Waals surface area contributed by atoms with Gasteiger partial charge in [-0.3, -0.25) is 4.79 Å². The highest BCUT2D eigenvalue weighted by Gasteiger charge is 2.26. The van der Waals surface area contributed by atoms with E-state index in [9.17, 15) is 4.79 Å². The van der Waals surface area contributed by atoms with Crippen molar-refractivity contribution in [2.75, 3.05) is 26.4 Å². The van der Waals surface area contributed by atoms with Crippen molar-refractivity contribution in [3.63, 3.8) is 0 Å². The van der Waals surface area contributed by atoms with E-state index >= 15 is 0 Å². The zero-order valence-corrected chi connectivity index (χ0v) is 13.7. The predicted molar refractivity (Wildman–Crippen MR) is 88.5 cm³/mol. The first-order chi connectivity index (χ1) is 10.2. The van der Waals surface area contributed by atoms with Crippen LogP contribution < -0.4 is 15.8 Å². The van der Waals surface area contributed by atoms with E-state index < -0.39 is 6.04 Å². The normalized spacial score (nSPS) is 16.5. The molecule has 124 valence electrons. The van der Waals surface area contributed by atoms with Crippen molar-refractivity contribution in [2.45, 2.75) is 25.8 Å². The summed E-state index contributed by atoms with van der Waals surface area (Å²) in [4.78, 5) is 12.0. The summed E-state index contributed by atoms with van der Waals surface area (Å²) < 4.78 is 10.8. The van der Waals surface area contributed by atoms with Gasteiger partial charge in [-0.25, -0.2) is 0 Å². The van der Waals surface area contributed by atoms with Crippen molar-refractivity contribution >= 4 is 18.3 Å². The van der Waals surface area contributed by atoms with E-state index in [0.29, 0.717) is 26.4 Å². The van der Waals surface area contributed by atoms with Gasteiger partial charge < -0.3 is 20.5 Å². The van der Waals surface area contributed by atoms with E-state index in [1.165, 1.54) is 5.56 Å². The van der Waals surface area contributed by atoms with Gasteiger partial charge in [0.15, 0.2) is 0 Å². The van der Waals surface area contributed by atoms with Gasteiger partial charge in [0.05, 0.1) is 12.6 Å². The molecular weight excluding hydrogens is 304 g/mol. The number of nitrogens with two attached hydrogens (primary N) is 1. The summed E-state index contributed by atoms with van der Waals surface area (Å²) in [6.45, 7) is 4.32. The van der Waals surface area contributed by atoms with E-state index in [1.807, 2.05) is 31.2 Å². The van der Waals surface area contributed by atoms with Gasteiger partial charge in [0.25, 0.3) is 0 Å². The number of halogens is 1. The van der Waals surface area contributed by atoms with Gasteiger partial charge in [0, 0.05) is 13.2 Å². The predicted octanol–water partition coefficient (Wildman–Crippen LogP) is 1.67. The van der Waals surface area contributed by atoms with E-state index in [2.05, 4.69) is 5.32 Å². The number of hydrogen-bond donors (Lipinski definition) is 2. The third-order valence-corrected chi connectivity index (χ3v) is 3.77. The Morgan fingerprint density at radius 3 is 2.64 bits per heavy atom. The summed E-state index contributed by atoms with van der Waals surface area (Å²) in [5.74, 6) is 0.926. The number of ether oxygens (including phenoxy) is 2. The molecule has 1 aliphatic rings. The van der Waals surface area contributed by atoms with Crippen LogP contribution in [0.15, 0.2) is 24.3 Å². The van der Waals surface area contributed by atoms with Crippen molar-refractivity contribution in [2.24, 2.45) is 11.7 Å². The minimum Gasteiger partial charge on any atom is -0.492 e. The molecule has 2 rings (SSSR count). The first-order valence-electron chi connectivity index (χ1n) is 7.47. The number of rotatable bonds is 6. The van der Waals surface area contributed by atoms with Gasteiger partial charge in [0.2, 0.25) is 5.91 Å². The molecule has 1 aliphatic heterocycles. The van der Waals surface area contributed by atoms with Crippen molar-refractivity contribution in [1.29, 1.82) is 0 Å². The molecule has 3 N–H and O–H groups in total. The minimum atomic E-state index is -0.451. The molecule has 22 heavy (non-hydrogen) atoms. The molecular formula is C16H25ClN2O3. The lowest BCUT2D eigenvalue weighted by Gasteiger charge is -2.26. The van der Waals surface area contributed by atoms with Gasteiger partial charge in [-0.1, -0.05) is 17.7 Å². The number of benzene rings is 1. The highest BCUT2D eigenvalue weighted by molar-refractivity contribution is 5.85. The Morgan fingerprint density at radius 1 is 1.36 bits per heavy atom. The number of carbonyl (C=O) groups excluding carboxylic acids is 1. The highest BCUT2D eigenvalue weighted by Crippen LogP contribution is 2.17. The van der Waals surface area contributed by atoms with Gasteiger partial charge in [-0.15, -0.1) is 12.4 Å². The van der Waals surface area contributed by atoms with Crippen LogP contribution in [-0.2, 0) is 9.53 Å². The van der Waals surface area contributed by atoms with Crippen molar-refractivity contribution < 1.29 is 14.3 Å². The van der Waals surface area contributed by atoms with Crippen molar-refractivity contribution in [3.8, 4) is 5.75 Å². The Labute approximate surface area is 138 Å². The second-order valence-corrected chi connectivity index (χ2v) is 5.43. The topological polar surface area (TPSA) is 73.6 Å². The molecule has 5 nitrogen and oxygen atoms in total. The van der Waals surface area contributed by atoms with Crippen LogP contribution in [0.2, 0.25) is 0 Å². The summed E-state index contributed by atoms with van der Waals surface area (Å²) in [6, 6.07) is 7.38. The molecule has 0 bridgehead atoms. The maximum Gasteiger partial charge on any atom is 0.237 e. The van der Waals surface area contributed by atoms with E-state index in [0.717, 1.165) is 18.6 Å². The SMILES string of the molecule is Cc1ccc(OCCNC(=O)C(N)C2CCOCC2)cc1.Cl. The van der Waals surface area contributed by atoms with Gasteiger partial charge in [0.1, 0.15) is 12.4 Å². The summed E-state index contributed by atoms with van der Waals surface area (Å²) in [5.41, 5.74) is 7.19. The first kappa shape index (κ1) is 18.7. The molecule has 0 spiro atoms. The van der Waals surface area contributed by atoms with Crippen molar-refractivity contribution in [3.05, 3.63) is 29.8 Å². The molecule has 1 aromatic rings. The molecule has 1 fully saturated rings. The van der Waals surface area contributed by atoms with E-state index in [4.69, 9.17) is 15.2 Å². The standard InChI is InChI=1S/C16H24N2O3.ClH/c1-12-2-4-14(5-3-12)21-11-8-18-16(19)15(17)13-6-9-20-10-7-13;/h2-5,13,15H,6-11,17H2,1H3,(H,18,19);1H. The number of hydrogen-bond acceptors (Lipinski definition) is 4. The molecule has 1 unspecified atom stereocenters. The van der Waals surface area contributed by atoms with Gasteiger partial charge >= 0.3 is 0 Å². The summed E-state index contributed by atoms with van der Waals surface area (Å²) in [7, 11) is 0. The Hall–Kier alpha value is -1.30. The van der Waals surface area contributed by atoms with Crippen LogP contribution in [0.5, 0.6) is 5.75 Å². The van der Waals surface area contributed by atoms with Crippen LogP contribution in [0.25, 0.3) is 0 Å². The first-order valence-corrected chi connectivity index (χ1v) is 7.47. The molecule has 6 heteroatoms. The maximum absolute atomic E-state index is 12.0. The van der Waals surface area contributed by atoms with Crippen LogP contribution in [0.1, 0.15) is 18.4 Å². The Kier molecular flexibility index (Phi) is 8.24. The molecule has 1 amide bonds. The van der Waals surface area contributed by atoms with Gasteiger partial charge in [-0.2, -0.15) is 0 Å². The molecule has 1 aromatic carbocycles. The Balaban J connectivity index is 0.00000242. The lowest BCUT2D eigenvalue weighted by molar-refractivity contribution is -0.124. The van der Waals surface area contributed by atoms with E-state index in [1.54, 1.807) is 0 Å². The second-order valence-electron chi connectivity index (χ2n) is 5.43. The zero-order chi connectivity index (χ0) is 15.1. The molecule has 1 heterocycles. The molecule has 1 atom stereocenters. The Morgan fingerprint density at radius 2 is 2.00 bits per heavy atom. The number of aryl methyl sites for hydroxylation is 1. The number of carbonyl (C=O) groups is 1. The average Bonchev–Trinajstić information content (AvgIpc) is 2.53. The lowest BCUT2D eigenvalue weighted by atomic mass is 9.92. The Bertz CT molecular complexity index is 447. The fourth-order valence-electron chi connectivity index (χ4n) is 2.38. The summed E-state index contributed by atoms with van der Waals surface area (Å²) in [6.07, 6.45) is 1.71. The second kappa shape index (κ2) is 9.66. The monoisotopic (exact) mass is 328 g/mol. The molecule has 0 aliphatic carbocycles. The van der Waals surface area contributed by atoms with Crippen LogP contribution >= 0.6 is 12.4 Å². The van der Waals surface area contributed by atoms with Crippen LogP contribution in [0.3, 0.4) is 0 Å². The fourth-order valence-corrected chi connectivity index (χ4v) is 2.38. The van der Waals surface area contributed by atoms with Gasteiger partial charge in [-0.05, 0) is 37.8 Å². The largest absolute Gasteiger partial charge is 0.492 e. The molecule has 0 radical (unpaired) electrons. The highest BCUT2D eigenvalue weighted by atomic mass is 35.5. The number of amides is 1. The lowest BCUT2D eigenvalue weighted by Crippen LogP contribution is -2.47. The summed E-state index contributed by atoms with van der Waals surface area (Å²) >= 11 is 0. The fraction of sp³-hybridized carbons (Fsp3) is 0.562. The smallest absolute Gasteiger partial charge is 0.237 e. The van der Waals surface area contributed by atoms with Crippen molar-refractivity contribution in [1.82, 2.24) is 5.32 Å². The van der Waals surface area contributed by atoms with Crippen LogP contribution in [0, 0.1) is 12.8 Å². The van der Waals surface area contributed by atoms with E-state index in [-0.39, 0.29) is 24.2 Å². The maximum atomic E-state index is 12.0. The average molecular weight is 329 g/mol. The minimum absolute atomic E-state index is 0. The molecule has 1 saturated heterocycles. The van der Waals surface area contributed by atoms with Crippen LogP contribution in [0.4, 0.5) is 0 Å². The quantitative estimate of drug-likeness (QED) is 0.779.